The van der Waals surface area contributed by atoms with Crippen LogP contribution in [0.15, 0.2) is 58.8 Å². The van der Waals surface area contributed by atoms with Crippen molar-refractivity contribution in [1.29, 1.82) is 0 Å². The van der Waals surface area contributed by atoms with E-state index in [0.717, 1.165) is 17.3 Å². The van der Waals surface area contributed by atoms with Gasteiger partial charge in [0.05, 0.1) is 17.4 Å². The van der Waals surface area contributed by atoms with Crippen LogP contribution in [0.2, 0.25) is 0 Å². The normalized spacial score (nSPS) is 12.4. The van der Waals surface area contributed by atoms with Crippen molar-refractivity contribution in [2.75, 3.05) is 11.9 Å². The number of nitrogens with one attached hydrogen (secondary N) is 2. The molecule has 2 N–H and O–H groups in total. The SMILES string of the molecule is CC(NS(=O)(=O)c1cccc2nsnc12)C(=O)OCC(=O)Nc1nc(-c2ccccc2)cs1. The van der Waals surface area contributed by atoms with E-state index in [0.29, 0.717) is 16.3 Å². The van der Waals surface area contributed by atoms with Gasteiger partial charge in [0.2, 0.25) is 10.0 Å². The van der Waals surface area contributed by atoms with Gasteiger partial charge in [0.1, 0.15) is 22.0 Å². The van der Waals surface area contributed by atoms with Gasteiger partial charge in [-0.05, 0) is 19.1 Å². The molecule has 0 aliphatic rings. The summed E-state index contributed by atoms with van der Waals surface area (Å²) in [6.07, 6.45) is 0. The lowest BCUT2D eigenvalue weighted by molar-refractivity contribution is -0.148. The minimum Gasteiger partial charge on any atom is -0.454 e. The Balaban J connectivity index is 1.31. The minimum absolute atomic E-state index is 0.0934. The second kappa shape index (κ2) is 9.70. The number of amides is 1. The van der Waals surface area contributed by atoms with Crippen LogP contribution in [0.1, 0.15) is 6.92 Å². The number of carbonyl (C=O) groups is 2. The summed E-state index contributed by atoms with van der Waals surface area (Å²) in [6, 6.07) is 12.8. The van der Waals surface area contributed by atoms with E-state index >= 15 is 0 Å². The van der Waals surface area contributed by atoms with Crippen LogP contribution in [0.3, 0.4) is 0 Å². The summed E-state index contributed by atoms with van der Waals surface area (Å²) in [5.41, 5.74) is 2.27. The number of anilines is 1. The van der Waals surface area contributed by atoms with E-state index in [1.807, 2.05) is 30.3 Å². The van der Waals surface area contributed by atoms with Gasteiger partial charge in [0.15, 0.2) is 11.7 Å². The van der Waals surface area contributed by atoms with Crippen LogP contribution in [0, 0.1) is 0 Å². The average molecular weight is 504 g/mol. The van der Waals surface area contributed by atoms with Crippen molar-refractivity contribution < 1.29 is 22.7 Å². The fraction of sp³-hybridized carbons (Fsp3) is 0.150. The third-order valence-electron chi connectivity index (χ3n) is 4.39. The van der Waals surface area contributed by atoms with Crippen molar-refractivity contribution in [2.24, 2.45) is 0 Å². The van der Waals surface area contributed by atoms with Gasteiger partial charge in [-0.1, -0.05) is 36.4 Å². The zero-order chi connectivity index (χ0) is 23.4. The van der Waals surface area contributed by atoms with E-state index in [9.17, 15) is 18.0 Å². The molecule has 2 heterocycles. The van der Waals surface area contributed by atoms with Gasteiger partial charge in [-0.25, -0.2) is 13.4 Å². The fourth-order valence-electron chi connectivity index (χ4n) is 2.83. The summed E-state index contributed by atoms with van der Waals surface area (Å²) in [4.78, 5) is 28.6. The zero-order valence-corrected chi connectivity index (χ0v) is 19.5. The summed E-state index contributed by atoms with van der Waals surface area (Å²) < 4.78 is 40.6. The van der Waals surface area contributed by atoms with Gasteiger partial charge in [0.25, 0.3) is 5.91 Å². The van der Waals surface area contributed by atoms with E-state index in [-0.39, 0.29) is 10.4 Å². The largest absolute Gasteiger partial charge is 0.454 e. The molecule has 0 saturated carbocycles. The van der Waals surface area contributed by atoms with Crippen molar-refractivity contribution in [3.63, 3.8) is 0 Å². The first-order chi connectivity index (χ1) is 15.8. The molecule has 1 amide bonds. The summed E-state index contributed by atoms with van der Waals surface area (Å²) >= 11 is 2.12. The quantitative estimate of drug-likeness (QED) is 0.350. The highest BCUT2D eigenvalue weighted by atomic mass is 32.2. The van der Waals surface area contributed by atoms with Crippen molar-refractivity contribution in [3.05, 3.63) is 53.9 Å². The molecule has 0 saturated heterocycles. The lowest BCUT2D eigenvalue weighted by Crippen LogP contribution is -2.40. The van der Waals surface area contributed by atoms with Gasteiger partial charge in [-0.3, -0.25) is 14.9 Å². The molecule has 10 nitrogen and oxygen atoms in total. The molecule has 1 unspecified atom stereocenters. The second-order valence-corrected chi connectivity index (χ2v) is 9.86. The Hall–Kier alpha value is -3.26. The van der Waals surface area contributed by atoms with Crippen molar-refractivity contribution in [3.8, 4) is 11.3 Å². The molecule has 0 aliphatic carbocycles. The number of hydrogen-bond donors (Lipinski definition) is 2. The van der Waals surface area contributed by atoms with E-state index in [4.69, 9.17) is 4.74 Å². The number of esters is 1. The number of rotatable bonds is 8. The molecular weight excluding hydrogens is 486 g/mol. The highest BCUT2D eigenvalue weighted by molar-refractivity contribution is 7.89. The molecule has 0 spiro atoms. The lowest BCUT2D eigenvalue weighted by atomic mass is 10.2. The monoisotopic (exact) mass is 503 g/mol. The number of nitrogens with zero attached hydrogens (tertiary/aromatic N) is 3. The Bertz CT molecular complexity index is 1400. The first-order valence-electron chi connectivity index (χ1n) is 9.54. The summed E-state index contributed by atoms with van der Waals surface area (Å²) in [5, 5.41) is 4.71. The van der Waals surface area contributed by atoms with Crippen LogP contribution in [0.4, 0.5) is 5.13 Å². The predicted molar refractivity (Wildman–Crippen MR) is 124 cm³/mol. The van der Waals surface area contributed by atoms with Crippen LogP contribution in [0.5, 0.6) is 0 Å². The number of fused-ring (bicyclic) bond motifs is 1. The van der Waals surface area contributed by atoms with Gasteiger partial charge in [-0.15, -0.1) is 11.3 Å². The molecule has 0 fully saturated rings. The number of aromatic nitrogens is 3. The van der Waals surface area contributed by atoms with Gasteiger partial charge in [-0.2, -0.15) is 13.5 Å². The molecule has 33 heavy (non-hydrogen) atoms. The van der Waals surface area contributed by atoms with E-state index in [1.54, 1.807) is 11.4 Å². The molecule has 0 aliphatic heterocycles. The molecular formula is C20H17N5O5S3. The number of thiazole rings is 1. The second-order valence-electron chi connectivity index (χ2n) is 6.79. The predicted octanol–water partition coefficient (Wildman–Crippen LogP) is 2.66. The maximum Gasteiger partial charge on any atom is 0.324 e. The number of sulfonamides is 1. The van der Waals surface area contributed by atoms with E-state index < -0.39 is 34.5 Å². The molecule has 4 rings (SSSR count). The van der Waals surface area contributed by atoms with Crippen molar-refractivity contribution >= 4 is 61.1 Å². The zero-order valence-electron chi connectivity index (χ0n) is 17.1. The van der Waals surface area contributed by atoms with Gasteiger partial charge in [0, 0.05) is 10.9 Å². The Morgan fingerprint density at radius 1 is 1.09 bits per heavy atom. The molecule has 4 aromatic rings. The molecule has 170 valence electrons. The van der Waals surface area contributed by atoms with Crippen molar-refractivity contribution in [2.45, 2.75) is 17.9 Å². The van der Waals surface area contributed by atoms with Crippen LogP contribution in [0.25, 0.3) is 22.3 Å². The highest BCUT2D eigenvalue weighted by Gasteiger charge is 2.26. The molecule has 0 bridgehead atoms. The number of carbonyl (C=O) groups excluding carboxylic acids is 2. The van der Waals surface area contributed by atoms with Gasteiger partial charge >= 0.3 is 5.97 Å². The third-order valence-corrected chi connectivity index (χ3v) is 7.26. The highest BCUT2D eigenvalue weighted by Crippen LogP contribution is 2.24. The topological polar surface area (TPSA) is 140 Å². The Labute approximate surface area is 197 Å². The fourth-order valence-corrected chi connectivity index (χ4v) is 5.53. The maximum absolute atomic E-state index is 12.7. The summed E-state index contributed by atoms with van der Waals surface area (Å²) in [6.45, 7) is 0.737. The van der Waals surface area contributed by atoms with Crippen LogP contribution in [-0.2, 0) is 24.3 Å². The number of hydrogen-bond acceptors (Lipinski definition) is 10. The number of ether oxygens (including phenoxy) is 1. The van der Waals surface area contributed by atoms with Crippen LogP contribution in [-0.4, -0.2) is 46.7 Å². The van der Waals surface area contributed by atoms with E-state index in [2.05, 4.69) is 23.8 Å². The van der Waals surface area contributed by atoms with Crippen molar-refractivity contribution in [1.82, 2.24) is 18.5 Å². The molecule has 2 aromatic heterocycles. The molecule has 2 aromatic carbocycles. The van der Waals surface area contributed by atoms with Crippen LogP contribution >= 0.6 is 23.1 Å². The van der Waals surface area contributed by atoms with Gasteiger partial charge < -0.3 is 4.74 Å². The first-order valence-corrected chi connectivity index (χ1v) is 12.6. The maximum atomic E-state index is 12.7. The molecule has 13 heteroatoms. The van der Waals surface area contributed by atoms with Crippen LogP contribution < -0.4 is 10.0 Å². The summed E-state index contributed by atoms with van der Waals surface area (Å²) in [7, 11) is -4.07. The Morgan fingerprint density at radius 2 is 1.88 bits per heavy atom. The minimum atomic E-state index is -4.07. The molecule has 0 radical (unpaired) electrons. The first kappa shape index (κ1) is 22.9. The third kappa shape index (κ3) is 5.39. The summed E-state index contributed by atoms with van der Waals surface area (Å²) in [5.74, 6) is -1.49. The number of benzene rings is 2. The Morgan fingerprint density at radius 3 is 2.67 bits per heavy atom. The average Bonchev–Trinajstić information content (AvgIpc) is 3.47. The smallest absolute Gasteiger partial charge is 0.324 e. The lowest BCUT2D eigenvalue weighted by Gasteiger charge is -2.13. The standard InChI is InChI=1S/C20H17N5O5S3/c1-12(25-33(28,29)16-9-5-8-14-18(16)24-32-23-14)19(27)30-10-17(26)22-20-21-15(11-31-20)13-6-3-2-4-7-13/h2-9,11-12,25H,10H2,1H3,(H,21,22,26). The van der Waals surface area contributed by atoms with E-state index in [1.165, 1.54) is 30.4 Å². The Kier molecular flexibility index (Phi) is 6.74. The molecule has 1 atom stereocenters.